The maximum Gasteiger partial charge on any atom is 0.340 e. The fourth-order valence-electron chi connectivity index (χ4n) is 3.01. The molecule has 0 aliphatic carbocycles. The molecular formula is C22H19Cl2N3O6. The van der Waals surface area contributed by atoms with E-state index in [0.717, 1.165) is 0 Å². The van der Waals surface area contributed by atoms with E-state index < -0.39 is 17.8 Å². The van der Waals surface area contributed by atoms with Crippen molar-refractivity contribution in [1.29, 1.82) is 0 Å². The Kier molecular flexibility index (Phi) is 7.25. The van der Waals surface area contributed by atoms with Crippen LogP contribution in [0.4, 0.5) is 5.69 Å². The van der Waals surface area contributed by atoms with Gasteiger partial charge in [-0.1, -0.05) is 23.2 Å². The Morgan fingerprint density at radius 3 is 2.52 bits per heavy atom. The minimum atomic E-state index is -0.898. The largest absolute Gasteiger partial charge is 0.465 e. The zero-order chi connectivity index (χ0) is 24.3. The SMILES string of the molecule is COC(=O)C1=C(C)N(C)C(=O)C1=Cc1ccc(CNC(=O)C(=O)Nc2ccc(Cl)c(Cl)c2)o1. The van der Waals surface area contributed by atoms with Crippen molar-refractivity contribution in [3.63, 3.8) is 0 Å². The van der Waals surface area contributed by atoms with Crippen LogP contribution in [0.2, 0.25) is 10.0 Å². The van der Waals surface area contributed by atoms with Gasteiger partial charge in [0.05, 0.1) is 34.8 Å². The molecule has 3 amide bonds. The highest BCUT2D eigenvalue weighted by Crippen LogP contribution is 2.30. The first-order chi connectivity index (χ1) is 15.6. The Labute approximate surface area is 199 Å². The molecule has 2 heterocycles. The van der Waals surface area contributed by atoms with E-state index in [9.17, 15) is 19.2 Å². The maximum absolute atomic E-state index is 12.5. The second-order valence-corrected chi connectivity index (χ2v) is 7.76. The average molecular weight is 492 g/mol. The standard InChI is InChI=1S/C22H19Cl2N3O6/c1-11-18(22(31)32-3)15(21(30)27(11)2)9-13-5-6-14(33-13)10-25-19(28)20(29)26-12-4-7-16(23)17(24)8-12/h4-9H,10H2,1-3H3,(H,25,28)(H,26,29). The van der Waals surface area contributed by atoms with Gasteiger partial charge in [-0.05, 0) is 43.3 Å². The van der Waals surface area contributed by atoms with E-state index >= 15 is 0 Å². The quantitative estimate of drug-likeness (QED) is 0.376. The van der Waals surface area contributed by atoms with Crippen molar-refractivity contribution in [3.8, 4) is 0 Å². The van der Waals surface area contributed by atoms with Gasteiger partial charge < -0.3 is 24.7 Å². The van der Waals surface area contributed by atoms with E-state index in [1.165, 1.54) is 36.3 Å². The Bertz CT molecular complexity index is 1210. The molecule has 0 spiro atoms. The molecule has 0 radical (unpaired) electrons. The van der Waals surface area contributed by atoms with Crippen molar-refractivity contribution in [3.05, 3.63) is 68.7 Å². The first-order valence-electron chi connectivity index (χ1n) is 9.54. The molecule has 172 valence electrons. The second-order valence-electron chi connectivity index (χ2n) is 6.94. The number of anilines is 1. The van der Waals surface area contributed by atoms with Crippen LogP contribution in [-0.4, -0.2) is 42.7 Å². The third kappa shape index (κ3) is 5.27. The van der Waals surface area contributed by atoms with Gasteiger partial charge in [0.15, 0.2) is 0 Å². The first kappa shape index (κ1) is 24.1. The number of hydrogen-bond acceptors (Lipinski definition) is 6. The van der Waals surface area contributed by atoms with Gasteiger partial charge in [-0.2, -0.15) is 0 Å². The van der Waals surface area contributed by atoms with Crippen LogP contribution in [0.3, 0.4) is 0 Å². The summed E-state index contributed by atoms with van der Waals surface area (Å²) in [6.07, 6.45) is 1.42. The molecule has 1 aromatic carbocycles. The number of rotatable bonds is 5. The van der Waals surface area contributed by atoms with Gasteiger partial charge in [0.2, 0.25) is 0 Å². The van der Waals surface area contributed by atoms with E-state index in [1.54, 1.807) is 26.1 Å². The summed E-state index contributed by atoms with van der Waals surface area (Å²) < 4.78 is 10.4. The molecule has 2 aromatic rings. The highest BCUT2D eigenvalue weighted by atomic mass is 35.5. The number of amides is 3. The van der Waals surface area contributed by atoms with Crippen molar-refractivity contribution >= 4 is 58.7 Å². The monoisotopic (exact) mass is 491 g/mol. The topological polar surface area (TPSA) is 118 Å². The Hall–Kier alpha value is -3.56. The number of esters is 1. The minimum Gasteiger partial charge on any atom is -0.465 e. The van der Waals surface area contributed by atoms with Crippen LogP contribution in [0.25, 0.3) is 6.08 Å². The number of hydrogen-bond donors (Lipinski definition) is 2. The highest BCUT2D eigenvalue weighted by Gasteiger charge is 2.35. The molecule has 0 saturated heterocycles. The number of nitrogens with one attached hydrogen (secondary N) is 2. The van der Waals surface area contributed by atoms with E-state index in [-0.39, 0.29) is 34.4 Å². The molecule has 33 heavy (non-hydrogen) atoms. The molecule has 1 aliphatic rings. The van der Waals surface area contributed by atoms with Crippen LogP contribution in [0, 0.1) is 0 Å². The smallest absolute Gasteiger partial charge is 0.340 e. The number of allylic oxidation sites excluding steroid dienone is 1. The molecule has 1 aliphatic heterocycles. The minimum absolute atomic E-state index is 0.0800. The van der Waals surface area contributed by atoms with Crippen molar-refractivity contribution < 1.29 is 28.3 Å². The van der Waals surface area contributed by atoms with Crippen LogP contribution in [0.1, 0.15) is 18.4 Å². The number of nitrogens with zero attached hydrogens (tertiary/aromatic N) is 1. The summed E-state index contributed by atoms with van der Waals surface area (Å²) in [4.78, 5) is 50.1. The van der Waals surface area contributed by atoms with Crippen LogP contribution < -0.4 is 10.6 Å². The Morgan fingerprint density at radius 2 is 1.85 bits per heavy atom. The summed E-state index contributed by atoms with van der Waals surface area (Å²) in [6.45, 7) is 1.56. The molecule has 0 unspecified atom stereocenters. The lowest BCUT2D eigenvalue weighted by Gasteiger charge is -2.08. The molecule has 2 N–H and O–H groups in total. The van der Waals surface area contributed by atoms with Gasteiger partial charge in [-0.3, -0.25) is 14.4 Å². The van der Waals surface area contributed by atoms with E-state index in [4.69, 9.17) is 32.4 Å². The van der Waals surface area contributed by atoms with Crippen molar-refractivity contribution in [2.45, 2.75) is 13.5 Å². The normalized spacial score (nSPS) is 14.6. The van der Waals surface area contributed by atoms with Gasteiger partial charge in [0, 0.05) is 18.4 Å². The van der Waals surface area contributed by atoms with Crippen LogP contribution in [0.15, 0.2) is 51.6 Å². The fraction of sp³-hybridized carbons (Fsp3) is 0.182. The number of carbonyl (C=O) groups excluding carboxylic acids is 4. The number of likely N-dealkylation sites (N-methyl/N-ethyl adjacent to an activating group) is 1. The van der Waals surface area contributed by atoms with Gasteiger partial charge in [0.25, 0.3) is 5.91 Å². The van der Waals surface area contributed by atoms with Crippen LogP contribution in [-0.2, 0) is 30.5 Å². The van der Waals surface area contributed by atoms with Crippen molar-refractivity contribution in [2.24, 2.45) is 0 Å². The highest BCUT2D eigenvalue weighted by molar-refractivity contribution is 6.43. The number of benzene rings is 1. The van der Waals surface area contributed by atoms with Crippen LogP contribution in [0.5, 0.6) is 0 Å². The Balaban J connectivity index is 1.65. The average Bonchev–Trinajstić information content (AvgIpc) is 3.32. The third-order valence-electron chi connectivity index (χ3n) is 4.83. The second kappa shape index (κ2) is 9.93. The predicted octanol–water partition coefficient (Wildman–Crippen LogP) is 3.14. The summed E-state index contributed by atoms with van der Waals surface area (Å²) >= 11 is 11.7. The third-order valence-corrected chi connectivity index (χ3v) is 5.57. The molecule has 0 fully saturated rings. The summed E-state index contributed by atoms with van der Waals surface area (Å²) in [7, 11) is 2.78. The molecule has 0 bridgehead atoms. The molecule has 3 rings (SSSR count). The van der Waals surface area contributed by atoms with Crippen LogP contribution >= 0.6 is 23.2 Å². The molecule has 0 atom stereocenters. The van der Waals surface area contributed by atoms with Crippen molar-refractivity contribution in [1.82, 2.24) is 10.2 Å². The zero-order valence-corrected chi connectivity index (χ0v) is 19.3. The summed E-state index contributed by atoms with van der Waals surface area (Å²) in [5.74, 6) is -2.19. The number of carbonyl (C=O) groups is 4. The van der Waals surface area contributed by atoms with E-state index in [2.05, 4.69) is 10.6 Å². The molecule has 11 heteroatoms. The number of furan rings is 1. The first-order valence-corrected chi connectivity index (χ1v) is 10.3. The summed E-state index contributed by atoms with van der Waals surface area (Å²) in [6, 6.07) is 7.56. The number of halogens is 2. The maximum atomic E-state index is 12.5. The predicted molar refractivity (Wildman–Crippen MR) is 121 cm³/mol. The zero-order valence-electron chi connectivity index (χ0n) is 17.8. The number of methoxy groups -OCH3 is 1. The lowest BCUT2D eigenvalue weighted by atomic mass is 10.1. The molecule has 1 aromatic heterocycles. The fourth-order valence-corrected chi connectivity index (χ4v) is 3.31. The molecule has 9 nitrogen and oxygen atoms in total. The molecule has 0 saturated carbocycles. The Morgan fingerprint density at radius 1 is 1.12 bits per heavy atom. The van der Waals surface area contributed by atoms with Gasteiger partial charge in [0.1, 0.15) is 11.5 Å². The summed E-state index contributed by atoms with van der Waals surface area (Å²) in [5, 5.41) is 5.39. The van der Waals surface area contributed by atoms with Gasteiger partial charge in [-0.15, -0.1) is 0 Å². The number of ether oxygens (including phenoxy) is 1. The summed E-state index contributed by atoms with van der Waals surface area (Å²) in [5.41, 5.74) is 1.06. The van der Waals surface area contributed by atoms with E-state index in [0.29, 0.717) is 22.2 Å². The lowest BCUT2D eigenvalue weighted by molar-refractivity contribution is -0.136. The van der Waals surface area contributed by atoms with Crippen molar-refractivity contribution in [2.75, 3.05) is 19.5 Å². The lowest BCUT2D eigenvalue weighted by Crippen LogP contribution is -2.34. The van der Waals surface area contributed by atoms with E-state index in [1.807, 2.05) is 0 Å². The molecular weight excluding hydrogens is 473 g/mol. The van der Waals surface area contributed by atoms with Gasteiger partial charge in [-0.25, -0.2) is 4.79 Å². The van der Waals surface area contributed by atoms with Gasteiger partial charge >= 0.3 is 17.8 Å².